The number of rotatable bonds is 9. The lowest BCUT2D eigenvalue weighted by atomic mass is 10.0. The van der Waals surface area contributed by atoms with E-state index in [9.17, 15) is 23.1 Å². The second-order valence-electron chi connectivity index (χ2n) is 10.7. The van der Waals surface area contributed by atoms with Gasteiger partial charge in [0, 0.05) is 24.9 Å². The van der Waals surface area contributed by atoms with Crippen molar-refractivity contribution >= 4 is 29.0 Å². The van der Waals surface area contributed by atoms with Crippen LogP contribution < -0.4 is 15.0 Å². The van der Waals surface area contributed by atoms with Crippen LogP contribution >= 0.6 is 11.6 Å². The van der Waals surface area contributed by atoms with E-state index in [1.54, 1.807) is 22.0 Å². The third-order valence-corrected chi connectivity index (χ3v) is 8.34. The van der Waals surface area contributed by atoms with E-state index >= 15 is 0 Å². The molecule has 1 aromatic carbocycles. The Morgan fingerprint density at radius 2 is 1.95 bits per heavy atom. The molecule has 1 amide bonds. The van der Waals surface area contributed by atoms with Gasteiger partial charge < -0.3 is 15.2 Å². The number of benzene rings is 1. The summed E-state index contributed by atoms with van der Waals surface area (Å²) in [7, 11) is 0. The van der Waals surface area contributed by atoms with Crippen LogP contribution in [0.5, 0.6) is 5.75 Å². The Kier molecular flexibility index (Phi) is 7.46. The van der Waals surface area contributed by atoms with E-state index in [1.165, 1.54) is 12.4 Å². The van der Waals surface area contributed by atoms with Crippen LogP contribution in [0.15, 0.2) is 43.1 Å². The highest BCUT2D eigenvalue weighted by Crippen LogP contribution is 2.47. The molecule has 1 aliphatic heterocycles. The molecule has 2 aliphatic rings. The van der Waals surface area contributed by atoms with Gasteiger partial charge in [0.25, 0.3) is 0 Å². The number of hydrogen-bond acceptors (Lipinski definition) is 8. The Balaban J connectivity index is 1.19. The maximum atomic E-state index is 14.8. The Bertz CT molecular complexity index is 1720. The fraction of sp³-hybridized carbons (Fsp3) is 0.345. The molecule has 2 fully saturated rings. The molecule has 6 rings (SSSR count). The quantitative estimate of drug-likeness (QED) is 0.240. The van der Waals surface area contributed by atoms with Crippen LogP contribution in [0.1, 0.15) is 48.0 Å². The molecule has 14 heteroatoms. The van der Waals surface area contributed by atoms with Crippen molar-refractivity contribution < 1.29 is 27.8 Å². The molecule has 4 atom stereocenters. The number of aromatic nitrogens is 5. The number of alkyl halides is 2. The SMILES string of the molecule is Cc1c(C(C)n2cc(NC(O)c3cncc(-c4c(OC(F)F)ccc(Cl)c4F)n3)cn2)cnc(N2C[C@H]3CC3C2=O)c1C. The average Bonchev–Trinajstić information content (AvgIpc) is 3.48. The van der Waals surface area contributed by atoms with Crippen molar-refractivity contribution in [2.24, 2.45) is 11.8 Å². The molecule has 0 spiro atoms. The molecule has 10 nitrogen and oxygen atoms in total. The van der Waals surface area contributed by atoms with Crippen LogP contribution in [-0.2, 0) is 4.79 Å². The summed E-state index contributed by atoms with van der Waals surface area (Å²) < 4.78 is 46.8. The van der Waals surface area contributed by atoms with Gasteiger partial charge >= 0.3 is 6.61 Å². The van der Waals surface area contributed by atoms with Gasteiger partial charge in [-0.25, -0.2) is 14.4 Å². The lowest BCUT2D eigenvalue weighted by molar-refractivity contribution is -0.118. The Labute approximate surface area is 249 Å². The Morgan fingerprint density at radius 1 is 1.16 bits per heavy atom. The molecule has 0 bridgehead atoms. The summed E-state index contributed by atoms with van der Waals surface area (Å²) in [5.41, 5.74) is 2.74. The largest absolute Gasteiger partial charge is 0.434 e. The smallest absolute Gasteiger partial charge is 0.387 e. The summed E-state index contributed by atoms with van der Waals surface area (Å²) in [4.78, 5) is 27.2. The number of piperidine rings is 1. The number of fused-ring (bicyclic) bond motifs is 1. The molecule has 2 N–H and O–H groups in total. The Morgan fingerprint density at radius 3 is 2.67 bits per heavy atom. The summed E-state index contributed by atoms with van der Waals surface area (Å²) in [6, 6.07) is 1.97. The predicted octanol–water partition coefficient (Wildman–Crippen LogP) is 5.44. The van der Waals surface area contributed by atoms with Crippen molar-refractivity contribution in [3.63, 3.8) is 0 Å². The topological polar surface area (TPSA) is 118 Å². The lowest BCUT2D eigenvalue weighted by Gasteiger charge is -2.23. The van der Waals surface area contributed by atoms with Gasteiger partial charge in [0.15, 0.2) is 12.0 Å². The van der Waals surface area contributed by atoms with Crippen molar-refractivity contribution in [1.82, 2.24) is 24.7 Å². The normalized spacial score (nSPS) is 19.0. The molecule has 1 saturated heterocycles. The molecule has 1 aliphatic carbocycles. The molecule has 4 aromatic rings. The van der Waals surface area contributed by atoms with Gasteiger partial charge in [-0.1, -0.05) is 11.6 Å². The molecular formula is C29H27ClF3N7O3. The highest BCUT2D eigenvalue weighted by atomic mass is 35.5. The molecule has 1 saturated carbocycles. The van der Waals surface area contributed by atoms with E-state index in [4.69, 9.17) is 11.6 Å². The van der Waals surface area contributed by atoms with E-state index in [1.807, 2.05) is 20.8 Å². The summed E-state index contributed by atoms with van der Waals surface area (Å²) in [6.07, 6.45) is 6.94. The van der Waals surface area contributed by atoms with Crippen molar-refractivity contribution in [2.45, 2.75) is 46.1 Å². The number of nitrogens with one attached hydrogen (secondary N) is 1. The number of hydrogen-bond donors (Lipinski definition) is 2. The minimum Gasteiger partial charge on any atom is -0.434 e. The molecule has 3 aromatic heterocycles. The number of halogens is 4. The van der Waals surface area contributed by atoms with Crippen LogP contribution in [0.3, 0.4) is 0 Å². The van der Waals surface area contributed by atoms with Gasteiger partial charge in [-0.05, 0) is 61.9 Å². The zero-order chi connectivity index (χ0) is 30.6. The van der Waals surface area contributed by atoms with Gasteiger partial charge in [-0.15, -0.1) is 0 Å². The number of carbonyl (C=O) groups excluding carboxylic acids is 1. The predicted molar refractivity (Wildman–Crippen MR) is 151 cm³/mol. The lowest BCUT2D eigenvalue weighted by Crippen LogP contribution is -2.30. The molecule has 4 heterocycles. The fourth-order valence-corrected chi connectivity index (χ4v) is 5.62. The van der Waals surface area contributed by atoms with Crippen molar-refractivity contribution in [3.05, 3.63) is 76.3 Å². The first-order valence-corrected chi connectivity index (χ1v) is 13.9. The summed E-state index contributed by atoms with van der Waals surface area (Å²) in [6.45, 7) is 3.42. The second-order valence-corrected chi connectivity index (χ2v) is 11.1. The highest BCUT2D eigenvalue weighted by molar-refractivity contribution is 6.31. The minimum atomic E-state index is -3.21. The number of ether oxygens (including phenoxy) is 1. The molecule has 224 valence electrons. The maximum absolute atomic E-state index is 14.8. The van der Waals surface area contributed by atoms with Gasteiger partial charge in [0.1, 0.15) is 17.3 Å². The number of anilines is 2. The number of nitrogens with zero attached hydrogens (tertiary/aromatic N) is 6. The van der Waals surface area contributed by atoms with Crippen LogP contribution in [0.4, 0.5) is 24.7 Å². The van der Waals surface area contributed by atoms with E-state index in [0.717, 1.165) is 41.4 Å². The first kappa shape index (κ1) is 28.9. The van der Waals surface area contributed by atoms with Crippen molar-refractivity contribution in [1.29, 1.82) is 0 Å². The van der Waals surface area contributed by atoms with Gasteiger partial charge in [0.05, 0.1) is 46.6 Å². The number of aliphatic hydroxyl groups is 1. The standard InChI is InChI=1S/C29H27ClF3N7O3/c1-13-14(2)26(39-11-16-6-18(16)28(39)42)35-8-19(13)15(3)40-12-17(7-36-40)37-27(41)22-10-34-9-21(38-22)24-23(43-29(32)33)5-4-20(30)25(24)31/h4-5,7-10,12,15-16,18,27,29,37,41H,6,11H2,1-3H3/t15?,16-,18?,27?/m1/s1. The molecule has 43 heavy (non-hydrogen) atoms. The van der Waals surface area contributed by atoms with Gasteiger partial charge in [0.2, 0.25) is 5.91 Å². The number of pyridine rings is 1. The van der Waals surface area contributed by atoms with E-state index in [-0.39, 0.29) is 34.3 Å². The monoisotopic (exact) mass is 613 g/mol. The maximum Gasteiger partial charge on any atom is 0.387 e. The van der Waals surface area contributed by atoms with E-state index < -0.39 is 30.0 Å². The van der Waals surface area contributed by atoms with Crippen LogP contribution in [0.25, 0.3) is 11.3 Å². The second kappa shape index (κ2) is 11.1. The summed E-state index contributed by atoms with van der Waals surface area (Å²) >= 11 is 5.87. The fourth-order valence-electron chi connectivity index (χ4n) is 5.47. The zero-order valence-corrected chi connectivity index (χ0v) is 24.1. The van der Waals surface area contributed by atoms with Gasteiger partial charge in [-0.3, -0.25) is 19.4 Å². The molecular weight excluding hydrogens is 587 g/mol. The van der Waals surface area contributed by atoms with E-state index in [0.29, 0.717) is 24.0 Å². The van der Waals surface area contributed by atoms with Crippen molar-refractivity contribution in [3.8, 4) is 17.0 Å². The van der Waals surface area contributed by atoms with Gasteiger partial charge in [-0.2, -0.15) is 13.9 Å². The minimum absolute atomic E-state index is 0.0129. The summed E-state index contributed by atoms with van der Waals surface area (Å²) in [5, 5.41) is 17.8. The summed E-state index contributed by atoms with van der Waals surface area (Å²) in [5.74, 6) is -0.0452. The van der Waals surface area contributed by atoms with Crippen LogP contribution in [-0.4, -0.2) is 48.9 Å². The highest BCUT2D eigenvalue weighted by Gasteiger charge is 2.53. The first-order chi connectivity index (χ1) is 20.5. The Hall–Kier alpha value is -4.23. The third-order valence-electron chi connectivity index (χ3n) is 8.05. The average molecular weight is 614 g/mol. The molecule has 0 radical (unpaired) electrons. The number of aliphatic hydroxyl groups excluding tert-OH is 1. The van der Waals surface area contributed by atoms with Crippen molar-refractivity contribution in [2.75, 3.05) is 16.8 Å². The number of amides is 1. The van der Waals surface area contributed by atoms with Crippen LogP contribution in [0.2, 0.25) is 5.02 Å². The number of carbonyl (C=O) groups is 1. The van der Waals surface area contributed by atoms with Crippen LogP contribution in [0, 0.1) is 31.5 Å². The molecule has 3 unspecified atom stereocenters. The first-order valence-electron chi connectivity index (χ1n) is 13.5. The third kappa shape index (κ3) is 5.38. The van der Waals surface area contributed by atoms with E-state index in [2.05, 4.69) is 30.1 Å². The zero-order valence-electron chi connectivity index (χ0n) is 23.3.